The van der Waals surface area contributed by atoms with Crippen LogP contribution in [0.1, 0.15) is 12.8 Å². The molecule has 0 radical (unpaired) electrons. The molecule has 1 aromatic carbocycles. The molecule has 1 aromatic rings. The zero-order chi connectivity index (χ0) is 14.8. The topological polar surface area (TPSA) is 78.4 Å². The van der Waals surface area contributed by atoms with Crippen molar-refractivity contribution >= 4 is 29.1 Å². The number of halogens is 2. The van der Waals surface area contributed by atoms with E-state index >= 15 is 0 Å². The molecule has 0 unspecified atom stereocenters. The van der Waals surface area contributed by atoms with Gasteiger partial charge < -0.3 is 15.7 Å². The Hall–Kier alpha value is -1.66. The minimum atomic E-state index is -0.860. The monoisotopic (exact) mass is 300 g/mol. The van der Waals surface area contributed by atoms with Gasteiger partial charge in [-0.3, -0.25) is 9.59 Å². The molecule has 2 rings (SSSR count). The molecule has 0 heterocycles. The molecule has 5 nitrogen and oxygen atoms in total. The number of carbonyl (C=O) groups excluding carboxylic acids is 2. The van der Waals surface area contributed by atoms with Crippen molar-refractivity contribution in [3.63, 3.8) is 0 Å². The Balaban J connectivity index is 1.87. The molecule has 20 heavy (non-hydrogen) atoms. The van der Waals surface area contributed by atoms with Crippen LogP contribution in [0.3, 0.4) is 0 Å². The second kappa shape index (κ2) is 5.76. The summed E-state index contributed by atoms with van der Waals surface area (Å²) in [5.41, 5.74) is -0.0328. The van der Waals surface area contributed by atoms with E-state index in [0.29, 0.717) is 0 Å². The van der Waals surface area contributed by atoms with Crippen LogP contribution >= 0.6 is 11.6 Å². The first-order valence-corrected chi connectivity index (χ1v) is 6.49. The fraction of sp³-hybridized carbons (Fsp3) is 0.385. The number of aliphatic hydroxyl groups is 1. The molecule has 1 saturated carbocycles. The highest BCUT2D eigenvalue weighted by Crippen LogP contribution is 2.44. The highest BCUT2D eigenvalue weighted by Gasteiger charge is 2.42. The van der Waals surface area contributed by atoms with Crippen molar-refractivity contribution in [2.24, 2.45) is 5.41 Å². The van der Waals surface area contributed by atoms with Crippen molar-refractivity contribution in [2.75, 3.05) is 18.5 Å². The Morgan fingerprint density at radius 2 is 2.05 bits per heavy atom. The molecule has 1 aliphatic carbocycles. The molecule has 1 aliphatic rings. The molecule has 7 heteroatoms. The van der Waals surface area contributed by atoms with E-state index in [-0.39, 0.29) is 29.3 Å². The molecule has 0 atom stereocenters. The zero-order valence-electron chi connectivity index (χ0n) is 10.6. The lowest BCUT2D eigenvalue weighted by Crippen LogP contribution is -2.39. The van der Waals surface area contributed by atoms with E-state index in [9.17, 15) is 14.0 Å². The van der Waals surface area contributed by atoms with Crippen LogP contribution in [-0.4, -0.2) is 30.1 Å². The number of amides is 2. The van der Waals surface area contributed by atoms with Crippen LogP contribution in [-0.2, 0) is 9.59 Å². The normalized spacial score (nSPS) is 15.6. The molecule has 1 fully saturated rings. The van der Waals surface area contributed by atoms with Crippen LogP contribution in [0.2, 0.25) is 5.02 Å². The lowest BCUT2D eigenvalue weighted by Gasteiger charge is -2.12. The fourth-order valence-electron chi connectivity index (χ4n) is 1.68. The Morgan fingerprint density at radius 1 is 1.35 bits per heavy atom. The van der Waals surface area contributed by atoms with Crippen LogP contribution in [0.25, 0.3) is 0 Å². The van der Waals surface area contributed by atoms with Crippen molar-refractivity contribution in [1.29, 1.82) is 0 Å². The number of benzene rings is 1. The third-order valence-corrected chi connectivity index (χ3v) is 3.59. The first-order valence-electron chi connectivity index (χ1n) is 6.11. The second-order valence-electron chi connectivity index (χ2n) is 4.92. The summed E-state index contributed by atoms with van der Waals surface area (Å²) in [4.78, 5) is 23.2. The Morgan fingerprint density at radius 3 is 2.60 bits per heavy atom. The highest BCUT2D eigenvalue weighted by molar-refractivity contribution is 6.39. The molecular weight excluding hydrogens is 287 g/mol. The summed E-state index contributed by atoms with van der Waals surface area (Å²) in [5.74, 6) is -2.26. The van der Waals surface area contributed by atoms with Crippen LogP contribution in [0, 0.1) is 11.2 Å². The lowest BCUT2D eigenvalue weighted by molar-refractivity contribution is -0.136. The minimum absolute atomic E-state index is 0.0114. The zero-order valence-corrected chi connectivity index (χ0v) is 11.3. The van der Waals surface area contributed by atoms with Crippen molar-refractivity contribution in [3.05, 3.63) is 29.0 Å². The first kappa shape index (κ1) is 14.7. The number of anilines is 1. The van der Waals surface area contributed by atoms with Gasteiger partial charge in [0.15, 0.2) is 0 Å². The van der Waals surface area contributed by atoms with Gasteiger partial charge in [-0.25, -0.2) is 4.39 Å². The van der Waals surface area contributed by atoms with Crippen LogP contribution in [0.5, 0.6) is 0 Å². The molecule has 0 bridgehead atoms. The van der Waals surface area contributed by atoms with E-state index in [4.69, 9.17) is 16.7 Å². The second-order valence-corrected chi connectivity index (χ2v) is 5.33. The number of aliphatic hydroxyl groups excluding tert-OH is 1. The molecule has 0 aromatic heterocycles. The van der Waals surface area contributed by atoms with Gasteiger partial charge in [0.1, 0.15) is 5.82 Å². The van der Waals surface area contributed by atoms with E-state index in [2.05, 4.69) is 10.6 Å². The maximum absolute atomic E-state index is 12.9. The minimum Gasteiger partial charge on any atom is -0.396 e. The van der Waals surface area contributed by atoms with Crippen molar-refractivity contribution in [3.8, 4) is 0 Å². The number of rotatable bonds is 4. The average molecular weight is 301 g/mol. The van der Waals surface area contributed by atoms with Gasteiger partial charge in [-0.1, -0.05) is 11.6 Å². The standard InChI is InChI=1S/C13H14ClFN2O3/c14-9-5-8(1-2-10(9)15)17-12(20)11(19)16-6-13(7-18)3-4-13/h1-2,5,18H,3-4,6-7H2,(H,16,19)(H,17,20). The van der Waals surface area contributed by atoms with Gasteiger partial charge in [-0.05, 0) is 31.0 Å². The highest BCUT2D eigenvalue weighted by atomic mass is 35.5. The summed E-state index contributed by atoms with van der Waals surface area (Å²) < 4.78 is 12.9. The van der Waals surface area contributed by atoms with E-state index < -0.39 is 17.6 Å². The molecule has 108 valence electrons. The molecular formula is C13H14ClFN2O3. The third-order valence-electron chi connectivity index (χ3n) is 3.30. The fourth-order valence-corrected chi connectivity index (χ4v) is 1.86. The first-order chi connectivity index (χ1) is 9.46. The SMILES string of the molecule is O=C(NCC1(CO)CC1)C(=O)Nc1ccc(F)c(Cl)c1. The van der Waals surface area contributed by atoms with E-state index in [1.807, 2.05) is 0 Å². The smallest absolute Gasteiger partial charge is 0.313 e. The summed E-state index contributed by atoms with van der Waals surface area (Å²) >= 11 is 5.57. The molecule has 0 spiro atoms. The number of hydrogen-bond donors (Lipinski definition) is 3. The van der Waals surface area contributed by atoms with Crippen LogP contribution < -0.4 is 10.6 Å². The maximum atomic E-state index is 12.9. The Bertz CT molecular complexity index is 546. The molecule has 0 aliphatic heterocycles. The van der Waals surface area contributed by atoms with Gasteiger partial charge in [0, 0.05) is 17.6 Å². The quantitative estimate of drug-likeness (QED) is 0.734. The van der Waals surface area contributed by atoms with Gasteiger partial charge >= 0.3 is 11.8 Å². The maximum Gasteiger partial charge on any atom is 0.313 e. The average Bonchev–Trinajstić information content (AvgIpc) is 3.21. The van der Waals surface area contributed by atoms with Gasteiger partial charge in [-0.15, -0.1) is 0 Å². The number of hydrogen-bond acceptors (Lipinski definition) is 3. The molecule has 3 N–H and O–H groups in total. The number of nitrogens with one attached hydrogen (secondary N) is 2. The predicted octanol–water partition coefficient (Wildman–Crippen LogP) is 1.31. The lowest BCUT2D eigenvalue weighted by atomic mass is 10.1. The summed E-state index contributed by atoms with van der Waals surface area (Å²) in [6.45, 7) is 0.252. The summed E-state index contributed by atoms with van der Waals surface area (Å²) in [7, 11) is 0. The van der Waals surface area contributed by atoms with Crippen LogP contribution in [0.4, 0.5) is 10.1 Å². The Labute approximate surface area is 120 Å². The summed E-state index contributed by atoms with van der Waals surface area (Å²) in [5, 5.41) is 13.7. The van der Waals surface area contributed by atoms with Gasteiger partial charge in [0.05, 0.1) is 11.6 Å². The summed E-state index contributed by atoms with van der Waals surface area (Å²) in [6.07, 6.45) is 1.66. The van der Waals surface area contributed by atoms with Gasteiger partial charge in [0.2, 0.25) is 0 Å². The van der Waals surface area contributed by atoms with E-state index in [0.717, 1.165) is 18.9 Å². The van der Waals surface area contributed by atoms with E-state index in [1.165, 1.54) is 12.1 Å². The van der Waals surface area contributed by atoms with Crippen molar-refractivity contribution in [1.82, 2.24) is 5.32 Å². The van der Waals surface area contributed by atoms with Gasteiger partial charge in [0.25, 0.3) is 0 Å². The van der Waals surface area contributed by atoms with Crippen molar-refractivity contribution in [2.45, 2.75) is 12.8 Å². The van der Waals surface area contributed by atoms with E-state index in [1.54, 1.807) is 0 Å². The largest absolute Gasteiger partial charge is 0.396 e. The molecule has 2 amide bonds. The predicted molar refractivity (Wildman–Crippen MR) is 71.8 cm³/mol. The number of carbonyl (C=O) groups is 2. The Kier molecular flexibility index (Phi) is 4.25. The summed E-state index contributed by atoms with van der Waals surface area (Å²) in [6, 6.07) is 3.63. The van der Waals surface area contributed by atoms with Gasteiger partial charge in [-0.2, -0.15) is 0 Å². The van der Waals surface area contributed by atoms with Crippen LogP contribution in [0.15, 0.2) is 18.2 Å². The van der Waals surface area contributed by atoms with Crippen molar-refractivity contribution < 1.29 is 19.1 Å². The third kappa shape index (κ3) is 3.46. The molecule has 0 saturated heterocycles.